The molecule has 0 atom stereocenters. The second-order valence-electron chi connectivity index (χ2n) is 3.85. The maximum absolute atomic E-state index is 11.4. The summed E-state index contributed by atoms with van der Waals surface area (Å²) in [5.41, 5.74) is 0.933. The fourth-order valence-corrected chi connectivity index (χ4v) is 2.20. The number of carbonyl (C=O) groups excluding carboxylic acids is 1. The van der Waals surface area contributed by atoms with Crippen molar-refractivity contribution in [2.24, 2.45) is 0 Å². The second-order valence-corrected chi connectivity index (χ2v) is 4.73. The number of carbonyl (C=O) groups is 1. The van der Waals surface area contributed by atoms with Gasteiger partial charge in [0.1, 0.15) is 0 Å². The number of hydrogen-bond donors (Lipinski definition) is 1. The molecule has 1 N–H and O–H groups in total. The Hall–Kier alpha value is -1.62. The van der Waals surface area contributed by atoms with E-state index < -0.39 is 0 Å². The molecule has 0 aromatic carbocycles. The third-order valence-corrected chi connectivity index (χ3v) is 3.27. The number of imidazole rings is 1. The zero-order valence-electron chi connectivity index (χ0n) is 8.59. The van der Waals surface area contributed by atoms with E-state index in [1.807, 2.05) is 16.0 Å². The Labute approximate surface area is 96.6 Å². The van der Waals surface area contributed by atoms with Crippen LogP contribution in [0.15, 0.2) is 23.8 Å². The first-order valence-corrected chi connectivity index (χ1v) is 6.10. The zero-order chi connectivity index (χ0) is 11.0. The highest BCUT2D eigenvalue weighted by atomic mass is 32.1. The van der Waals surface area contributed by atoms with E-state index in [1.54, 1.807) is 29.7 Å². The maximum Gasteiger partial charge on any atom is 0.244 e. The summed E-state index contributed by atoms with van der Waals surface area (Å²) in [5, 5.41) is 4.88. The van der Waals surface area contributed by atoms with E-state index in [9.17, 15) is 4.79 Å². The molecule has 0 unspecified atom stereocenters. The van der Waals surface area contributed by atoms with Crippen molar-refractivity contribution in [3.8, 4) is 0 Å². The summed E-state index contributed by atoms with van der Waals surface area (Å²) in [5.74, 6) is -0.0207. The standard InChI is InChI=1S/C11H11N3OS/c15-10(13-8-1-2-8)4-3-9-7-12-11-14(9)5-6-16-11/h3-8H,1-2H2,(H,13,15)/b4-3+. The quantitative estimate of drug-likeness (QED) is 0.820. The molecule has 3 rings (SSSR count). The molecule has 16 heavy (non-hydrogen) atoms. The molecule has 0 radical (unpaired) electrons. The van der Waals surface area contributed by atoms with Gasteiger partial charge < -0.3 is 5.32 Å². The molecule has 0 spiro atoms. The number of aromatic nitrogens is 2. The van der Waals surface area contributed by atoms with E-state index in [0.717, 1.165) is 23.5 Å². The van der Waals surface area contributed by atoms with Gasteiger partial charge in [-0.25, -0.2) is 4.98 Å². The Bertz CT molecular complexity index is 550. The summed E-state index contributed by atoms with van der Waals surface area (Å²) in [7, 11) is 0. The topological polar surface area (TPSA) is 46.4 Å². The normalized spacial score (nSPS) is 16.0. The lowest BCUT2D eigenvalue weighted by molar-refractivity contribution is -0.116. The Morgan fingerprint density at radius 3 is 3.31 bits per heavy atom. The first kappa shape index (κ1) is 9.59. The summed E-state index contributed by atoms with van der Waals surface area (Å²) < 4.78 is 1.96. The van der Waals surface area contributed by atoms with Crippen LogP contribution in [-0.2, 0) is 4.79 Å². The minimum absolute atomic E-state index is 0.0207. The van der Waals surface area contributed by atoms with Gasteiger partial charge in [0, 0.05) is 23.7 Å². The number of fused-ring (bicyclic) bond motifs is 1. The van der Waals surface area contributed by atoms with Gasteiger partial charge in [-0.2, -0.15) is 0 Å². The van der Waals surface area contributed by atoms with Crippen LogP contribution in [0.25, 0.3) is 11.0 Å². The molecule has 0 aliphatic heterocycles. The van der Waals surface area contributed by atoms with E-state index >= 15 is 0 Å². The lowest BCUT2D eigenvalue weighted by atomic mass is 10.4. The van der Waals surface area contributed by atoms with Crippen molar-refractivity contribution in [3.05, 3.63) is 29.5 Å². The van der Waals surface area contributed by atoms with Crippen molar-refractivity contribution >= 4 is 28.3 Å². The molecule has 4 nitrogen and oxygen atoms in total. The largest absolute Gasteiger partial charge is 0.350 e. The molecule has 1 saturated carbocycles. The molecular weight excluding hydrogens is 222 g/mol. The molecule has 1 aliphatic carbocycles. The molecule has 0 bridgehead atoms. The molecule has 0 saturated heterocycles. The van der Waals surface area contributed by atoms with Gasteiger partial charge in [0.05, 0.1) is 11.9 Å². The Kier molecular flexibility index (Phi) is 2.25. The number of amides is 1. The minimum atomic E-state index is -0.0207. The highest BCUT2D eigenvalue weighted by Gasteiger charge is 2.22. The molecular formula is C11H11N3OS. The molecule has 1 fully saturated rings. The maximum atomic E-state index is 11.4. The van der Waals surface area contributed by atoms with E-state index in [1.165, 1.54) is 0 Å². The minimum Gasteiger partial charge on any atom is -0.350 e. The summed E-state index contributed by atoms with van der Waals surface area (Å²) in [6, 6.07) is 0.406. The number of rotatable bonds is 3. The Morgan fingerprint density at radius 2 is 2.50 bits per heavy atom. The van der Waals surface area contributed by atoms with Gasteiger partial charge in [-0.3, -0.25) is 9.20 Å². The van der Waals surface area contributed by atoms with Gasteiger partial charge in [0.25, 0.3) is 0 Å². The SMILES string of the molecule is O=C(/C=C/c1cnc2sccn12)NC1CC1. The lowest BCUT2D eigenvalue weighted by Gasteiger charge is -1.96. The van der Waals surface area contributed by atoms with E-state index in [4.69, 9.17) is 0 Å². The lowest BCUT2D eigenvalue weighted by Crippen LogP contribution is -2.22. The summed E-state index contributed by atoms with van der Waals surface area (Å²) >= 11 is 1.58. The van der Waals surface area contributed by atoms with Gasteiger partial charge >= 0.3 is 0 Å². The fraction of sp³-hybridized carbons (Fsp3) is 0.273. The van der Waals surface area contributed by atoms with E-state index in [2.05, 4.69) is 10.3 Å². The van der Waals surface area contributed by atoms with Crippen LogP contribution < -0.4 is 5.32 Å². The van der Waals surface area contributed by atoms with Crippen molar-refractivity contribution in [2.45, 2.75) is 18.9 Å². The molecule has 1 aliphatic rings. The smallest absolute Gasteiger partial charge is 0.244 e. The second kappa shape index (κ2) is 3.75. The highest BCUT2D eigenvalue weighted by Crippen LogP contribution is 2.18. The number of nitrogens with zero attached hydrogens (tertiary/aromatic N) is 2. The highest BCUT2D eigenvalue weighted by molar-refractivity contribution is 7.15. The Balaban J connectivity index is 1.75. The van der Waals surface area contributed by atoms with Crippen LogP contribution in [0.2, 0.25) is 0 Å². The van der Waals surface area contributed by atoms with Crippen LogP contribution in [-0.4, -0.2) is 21.3 Å². The third-order valence-electron chi connectivity index (χ3n) is 2.50. The van der Waals surface area contributed by atoms with Gasteiger partial charge in [-0.05, 0) is 18.9 Å². The van der Waals surface area contributed by atoms with Crippen LogP contribution in [0.4, 0.5) is 0 Å². The third kappa shape index (κ3) is 1.86. The fourth-order valence-electron chi connectivity index (χ4n) is 1.51. The van der Waals surface area contributed by atoms with Crippen LogP contribution >= 0.6 is 11.3 Å². The predicted molar refractivity (Wildman–Crippen MR) is 63.3 cm³/mol. The zero-order valence-corrected chi connectivity index (χ0v) is 9.41. The number of thiazole rings is 1. The van der Waals surface area contributed by atoms with Crippen LogP contribution in [0.5, 0.6) is 0 Å². The van der Waals surface area contributed by atoms with Crippen molar-refractivity contribution < 1.29 is 4.79 Å². The molecule has 1 amide bonds. The van der Waals surface area contributed by atoms with Gasteiger partial charge in [-0.1, -0.05) is 0 Å². The number of hydrogen-bond acceptors (Lipinski definition) is 3. The molecule has 2 heterocycles. The van der Waals surface area contributed by atoms with Crippen LogP contribution in [0.3, 0.4) is 0 Å². The van der Waals surface area contributed by atoms with Crippen molar-refractivity contribution in [1.82, 2.24) is 14.7 Å². The molecule has 2 aromatic heterocycles. The first-order chi connectivity index (χ1) is 7.83. The Morgan fingerprint density at radius 1 is 1.62 bits per heavy atom. The molecule has 82 valence electrons. The monoisotopic (exact) mass is 233 g/mol. The average Bonchev–Trinajstić information content (AvgIpc) is 2.81. The summed E-state index contributed by atoms with van der Waals surface area (Å²) in [6.07, 6.45) is 9.31. The van der Waals surface area contributed by atoms with Crippen molar-refractivity contribution in [3.63, 3.8) is 0 Å². The van der Waals surface area contributed by atoms with Gasteiger partial charge in [0.2, 0.25) is 5.91 Å². The first-order valence-electron chi connectivity index (χ1n) is 5.22. The van der Waals surface area contributed by atoms with Crippen molar-refractivity contribution in [2.75, 3.05) is 0 Å². The molecule has 2 aromatic rings. The summed E-state index contributed by atoms with van der Waals surface area (Å²) in [6.45, 7) is 0. The average molecular weight is 233 g/mol. The van der Waals surface area contributed by atoms with Crippen molar-refractivity contribution in [1.29, 1.82) is 0 Å². The van der Waals surface area contributed by atoms with Crippen LogP contribution in [0, 0.1) is 0 Å². The summed E-state index contributed by atoms with van der Waals surface area (Å²) in [4.78, 5) is 16.6. The van der Waals surface area contributed by atoms with Gasteiger partial charge in [-0.15, -0.1) is 11.3 Å². The van der Waals surface area contributed by atoms with Gasteiger partial charge in [0.15, 0.2) is 4.96 Å². The molecule has 5 heteroatoms. The predicted octanol–water partition coefficient (Wildman–Crippen LogP) is 1.69. The van der Waals surface area contributed by atoms with E-state index in [0.29, 0.717) is 6.04 Å². The van der Waals surface area contributed by atoms with Crippen LogP contribution in [0.1, 0.15) is 18.5 Å². The van der Waals surface area contributed by atoms with E-state index in [-0.39, 0.29) is 5.91 Å². The number of nitrogens with one attached hydrogen (secondary N) is 1.